The van der Waals surface area contributed by atoms with E-state index in [9.17, 15) is 9.59 Å². The van der Waals surface area contributed by atoms with Gasteiger partial charge in [0.1, 0.15) is 5.69 Å². The number of aromatic nitrogens is 1. The van der Waals surface area contributed by atoms with Crippen molar-refractivity contribution in [2.75, 3.05) is 6.61 Å². The maximum atomic E-state index is 12.0. The molecule has 24 heavy (non-hydrogen) atoms. The van der Waals surface area contributed by atoms with Crippen molar-refractivity contribution in [3.8, 4) is 0 Å². The molecule has 0 unspecified atom stereocenters. The van der Waals surface area contributed by atoms with Crippen molar-refractivity contribution in [2.24, 2.45) is 0 Å². The Balaban J connectivity index is 1.53. The molecule has 0 fully saturated rings. The number of ether oxygens (including phenoxy) is 1. The molecule has 5 nitrogen and oxygen atoms in total. The summed E-state index contributed by atoms with van der Waals surface area (Å²) in [6.45, 7) is 1.66. The van der Waals surface area contributed by atoms with Crippen LogP contribution in [0.1, 0.15) is 53.0 Å². The summed E-state index contributed by atoms with van der Waals surface area (Å²) in [6, 6.07) is 9.61. The van der Waals surface area contributed by atoms with Gasteiger partial charge in [0.25, 0.3) is 5.91 Å². The van der Waals surface area contributed by atoms with E-state index < -0.39 is 5.97 Å². The third kappa shape index (κ3) is 3.85. The number of fused-ring (bicyclic) bond motifs is 1. The maximum absolute atomic E-state index is 12.0. The lowest BCUT2D eigenvalue weighted by Gasteiger charge is -2.20. The SMILES string of the molecule is C[C@@H](NC(=O)COC(=O)c1ccc[nH]1)c1ccc2c(c1)CCCC2. The highest BCUT2D eigenvalue weighted by molar-refractivity contribution is 5.89. The highest BCUT2D eigenvalue weighted by atomic mass is 16.5. The van der Waals surface area contributed by atoms with E-state index in [4.69, 9.17) is 4.74 Å². The van der Waals surface area contributed by atoms with Crippen molar-refractivity contribution in [3.63, 3.8) is 0 Å². The van der Waals surface area contributed by atoms with Crippen molar-refractivity contribution in [3.05, 3.63) is 58.9 Å². The lowest BCUT2D eigenvalue weighted by atomic mass is 9.89. The fourth-order valence-corrected chi connectivity index (χ4v) is 3.06. The summed E-state index contributed by atoms with van der Waals surface area (Å²) in [4.78, 5) is 26.4. The Morgan fingerprint density at radius 3 is 2.75 bits per heavy atom. The molecule has 2 N–H and O–H groups in total. The summed E-state index contributed by atoms with van der Waals surface area (Å²) < 4.78 is 4.99. The van der Waals surface area contributed by atoms with E-state index in [1.165, 1.54) is 24.0 Å². The van der Waals surface area contributed by atoms with Gasteiger partial charge < -0.3 is 15.0 Å². The van der Waals surface area contributed by atoms with Gasteiger partial charge >= 0.3 is 5.97 Å². The van der Waals surface area contributed by atoms with Crippen molar-refractivity contribution in [1.29, 1.82) is 0 Å². The minimum atomic E-state index is -0.531. The zero-order valence-electron chi connectivity index (χ0n) is 13.8. The van der Waals surface area contributed by atoms with Gasteiger partial charge in [-0.25, -0.2) is 4.79 Å². The molecule has 0 radical (unpaired) electrons. The number of aromatic amines is 1. The molecule has 3 rings (SSSR count). The minimum absolute atomic E-state index is 0.117. The monoisotopic (exact) mass is 326 g/mol. The van der Waals surface area contributed by atoms with Crippen molar-refractivity contribution in [1.82, 2.24) is 10.3 Å². The van der Waals surface area contributed by atoms with Crippen molar-refractivity contribution in [2.45, 2.75) is 38.6 Å². The Bertz CT molecular complexity index is 722. The molecular weight excluding hydrogens is 304 g/mol. The highest BCUT2D eigenvalue weighted by Crippen LogP contribution is 2.24. The number of carbonyl (C=O) groups excluding carboxylic acids is 2. The Morgan fingerprint density at radius 2 is 2.00 bits per heavy atom. The summed E-state index contributed by atoms with van der Waals surface area (Å²) in [5, 5.41) is 2.88. The Kier molecular flexibility index (Phi) is 4.99. The van der Waals surface area contributed by atoms with Gasteiger partial charge in [-0.3, -0.25) is 4.79 Å². The first kappa shape index (κ1) is 16.3. The fraction of sp³-hybridized carbons (Fsp3) is 0.368. The van der Waals surface area contributed by atoms with Gasteiger partial charge in [0, 0.05) is 6.20 Å². The maximum Gasteiger partial charge on any atom is 0.355 e. The molecule has 1 amide bonds. The van der Waals surface area contributed by atoms with Gasteiger partial charge in [0.05, 0.1) is 6.04 Å². The second-order valence-corrected chi connectivity index (χ2v) is 6.18. The first-order valence-electron chi connectivity index (χ1n) is 8.35. The van der Waals surface area contributed by atoms with Gasteiger partial charge in [-0.2, -0.15) is 0 Å². The summed E-state index contributed by atoms with van der Waals surface area (Å²) in [5.74, 6) is -0.836. The average Bonchev–Trinajstić information content (AvgIpc) is 3.14. The zero-order chi connectivity index (χ0) is 16.9. The Labute approximate surface area is 141 Å². The summed E-state index contributed by atoms with van der Waals surface area (Å²) in [5.41, 5.74) is 4.23. The molecule has 1 aromatic heterocycles. The van der Waals surface area contributed by atoms with E-state index in [2.05, 4.69) is 28.5 Å². The first-order valence-corrected chi connectivity index (χ1v) is 8.35. The molecule has 126 valence electrons. The molecular formula is C19H22N2O3. The van der Waals surface area contributed by atoms with Crippen LogP contribution in [-0.2, 0) is 22.4 Å². The van der Waals surface area contributed by atoms with Crippen LogP contribution >= 0.6 is 0 Å². The molecule has 1 aliphatic rings. The van der Waals surface area contributed by atoms with Crippen LogP contribution in [0.4, 0.5) is 0 Å². The van der Waals surface area contributed by atoms with Crippen LogP contribution in [0.3, 0.4) is 0 Å². The number of esters is 1. The Morgan fingerprint density at radius 1 is 1.21 bits per heavy atom. The number of hydrogen-bond donors (Lipinski definition) is 2. The van der Waals surface area contributed by atoms with E-state index in [1.807, 2.05) is 6.92 Å². The number of benzene rings is 1. The van der Waals surface area contributed by atoms with Crippen LogP contribution in [0.2, 0.25) is 0 Å². The summed E-state index contributed by atoms with van der Waals surface area (Å²) in [6.07, 6.45) is 6.37. The quantitative estimate of drug-likeness (QED) is 0.830. The molecule has 0 saturated carbocycles. The van der Waals surface area contributed by atoms with E-state index >= 15 is 0 Å². The summed E-state index contributed by atoms with van der Waals surface area (Å²) >= 11 is 0. The topological polar surface area (TPSA) is 71.2 Å². The molecule has 1 aromatic carbocycles. The van der Waals surface area contributed by atoms with Crippen molar-refractivity contribution < 1.29 is 14.3 Å². The molecule has 0 spiro atoms. The zero-order valence-corrected chi connectivity index (χ0v) is 13.8. The van der Waals surface area contributed by atoms with Crippen LogP contribution in [-0.4, -0.2) is 23.5 Å². The van der Waals surface area contributed by atoms with Crippen LogP contribution in [0, 0.1) is 0 Å². The van der Waals surface area contributed by atoms with Gasteiger partial charge in [-0.15, -0.1) is 0 Å². The van der Waals surface area contributed by atoms with E-state index in [-0.39, 0.29) is 18.6 Å². The molecule has 1 heterocycles. The second kappa shape index (κ2) is 7.34. The molecule has 1 aliphatic carbocycles. The number of rotatable bonds is 5. The number of nitrogens with one attached hydrogen (secondary N) is 2. The number of carbonyl (C=O) groups is 2. The van der Waals surface area contributed by atoms with E-state index in [1.54, 1.807) is 18.3 Å². The van der Waals surface area contributed by atoms with Gasteiger partial charge in [-0.05, 0) is 61.4 Å². The lowest BCUT2D eigenvalue weighted by Crippen LogP contribution is -2.31. The van der Waals surface area contributed by atoms with Gasteiger partial charge in [-0.1, -0.05) is 18.2 Å². The molecule has 0 aliphatic heterocycles. The molecule has 5 heteroatoms. The van der Waals surface area contributed by atoms with Crippen LogP contribution in [0.15, 0.2) is 36.5 Å². The van der Waals surface area contributed by atoms with Crippen LogP contribution in [0.5, 0.6) is 0 Å². The van der Waals surface area contributed by atoms with E-state index in [0.29, 0.717) is 5.69 Å². The standard InChI is InChI=1S/C19H22N2O3/c1-13(15-9-8-14-5-2-3-6-16(14)11-15)21-18(22)12-24-19(23)17-7-4-10-20-17/h4,7-11,13,20H,2-3,5-6,12H2,1H3,(H,21,22)/t13-/m1/s1. The normalized spacial score (nSPS) is 14.5. The fourth-order valence-electron chi connectivity index (χ4n) is 3.06. The highest BCUT2D eigenvalue weighted by Gasteiger charge is 2.15. The average molecular weight is 326 g/mol. The van der Waals surface area contributed by atoms with E-state index in [0.717, 1.165) is 18.4 Å². The van der Waals surface area contributed by atoms with Gasteiger partial charge in [0.2, 0.25) is 0 Å². The number of H-pyrrole nitrogens is 1. The smallest absolute Gasteiger partial charge is 0.355 e. The van der Waals surface area contributed by atoms with Crippen LogP contribution in [0.25, 0.3) is 0 Å². The number of aryl methyl sites for hydroxylation is 2. The second-order valence-electron chi connectivity index (χ2n) is 6.18. The molecule has 0 bridgehead atoms. The predicted molar refractivity (Wildman–Crippen MR) is 90.7 cm³/mol. The van der Waals surface area contributed by atoms with Crippen molar-refractivity contribution >= 4 is 11.9 Å². The Hall–Kier alpha value is -2.56. The third-order valence-corrected chi connectivity index (χ3v) is 4.40. The largest absolute Gasteiger partial charge is 0.451 e. The minimum Gasteiger partial charge on any atom is -0.451 e. The third-order valence-electron chi connectivity index (χ3n) is 4.40. The summed E-state index contributed by atoms with van der Waals surface area (Å²) in [7, 11) is 0. The number of amides is 1. The molecule has 1 atom stereocenters. The van der Waals surface area contributed by atoms with Gasteiger partial charge in [0.15, 0.2) is 6.61 Å². The lowest BCUT2D eigenvalue weighted by molar-refractivity contribution is -0.124. The molecule has 2 aromatic rings. The van der Waals surface area contributed by atoms with Crippen LogP contribution < -0.4 is 5.32 Å². The number of hydrogen-bond acceptors (Lipinski definition) is 3. The molecule has 0 saturated heterocycles. The first-order chi connectivity index (χ1) is 11.6. The predicted octanol–water partition coefficient (Wildman–Crippen LogP) is 2.93.